The summed E-state index contributed by atoms with van der Waals surface area (Å²) in [4.78, 5) is 23.6. The molecule has 0 saturated carbocycles. The predicted molar refractivity (Wildman–Crippen MR) is 143 cm³/mol. The second-order valence-electron chi connectivity index (χ2n) is 8.28. The molecule has 5 heteroatoms. The average Bonchev–Trinajstić information content (AvgIpc) is 2.98. The van der Waals surface area contributed by atoms with Gasteiger partial charge in [0.15, 0.2) is 23.3 Å². The van der Waals surface area contributed by atoms with Crippen molar-refractivity contribution in [3.63, 3.8) is 0 Å². The van der Waals surface area contributed by atoms with E-state index in [1.807, 2.05) is 91.0 Å². The van der Waals surface area contributed by atoms with Crippen LogP contribution in [-0.4, -0.2) is 24.9 Å². The lowest BCUT2D eigenvalue weighted by Crippen LogP contribution is -2.00. The monoisotopic (exact) mass is 463 g/mol. The van der Waals surface area contributed by atoms with Gasteiger partial charge in [0.05, 0.1) is 0 Å². The molecule has 0 fully saturated rings. The van der Waals surface area contributed by atoms with Crippen molar-refractivity contribution in [3.8, 4) is 56.7 Å². The van der Waals surface area contributed by atoms with Crippen LogP contribution in [0.15, 0.2) is 128 Å². The van der Waals surface area contributed by atoms with E-state index in [0.717, 1.165) is 33.4 Å². The molecule has 2 heterocycles. The first-order chi connectivity index (χ1) is 17.8. The van der Waals surface area contributed by atoms with Gasteiger partial charge in [-0.1, -0.05) is 91.0 Å². The molecule has 0 aliphatic carbocycles. The molecular formula is C31H21N5. The van der Waals surface area contributed by atoms with E-state index in [9.17, 15) is 0 Å². The Hall–Kier alpha value is -5.03. The van der Waals surface area contributed by atoms with Crippen LogP contribution in [0.2, 0.25) is 0 Å². The summed E-state index contributed by atoms with van der Waals surface area (Å²) in [5.41, 5.74) is 5.77. The van der Waals surface area contributed by atoms with Gasteiger partial charge in [0.25, 0.3) is 0 Å². The van der Waals surface area contributed by atoms with Crippen LogP contribution in [0.25, 0.3) is 56.7 Å². The first-order valence-electron chi connectivity index (χ1n) is 11.7. The van der Waals surface area contributed by atoms with Crippen molar-refractivity contribution in [1.29, 1.82) is 0 Å². The topological polar surface area (TPSA) is 64.5 Å². The molecule has 0 radical (unpaired) electrons. The zero-order valence-corrected chi connectivity index (χ0v) is 19.4. The van der Waals surface area contributed by atoms with Gasteiger partial charge in [0, 0.05) is 34.6 Å². The van der Waals surface area contributed by atoms with Crippen LogP contribution in [0.3, 0.4) is 0 Å². The Morgan fingerprint density at radius 1 is 0.306 bits per heavy atom. The van der Waals surface area contributed by atoms with E-state index in [1.165, 1.54) is 0 Å². The van der Waals surface area contributed by atoms with Crippen LogP contribution in [0, 0.1) is 0 Å². The molecule has 0 aliphatic heterocycles. The largest absolute Gasteiger partial charge is 0.237 e. The summed E-state index contributed by atoms with van der Waals surface area (Å²) in [6.07, 6.45) is 3.50. The van der Waals surface area contributed by atoms with E-state index in [2.05, 4.69) is 34.2 Å². The molecule has 0 atom stereocenters. The second-order valence-corrected chi connectivity index (χ2v) is 8.28. The van der Waals surface area contributed by atoms with Crippen molar-refractivity contribution in [2.45, 2.75) is 0 Å². The summed E-state index contributed by atoms with van der Waals surface area (Å²) in [6, 6.07) is 38.3. The minimum absolute atomic E-state index is 0.595. The van der Waals surface area contributed by atoms with E-state index >= 15 is 0 Å². The van der Waals surface area contributed by atoms with E-state index in [0.29, 0.717) is 23.3 Å². The van der Waals surface area contributed by atoms with E-state index in [-0.39, 0.29) is 0 Å². The van der Waals surface area contributed by atoms with Gasteiger partial charge in [-0.15, -0.1) is 0 Å². The molecule has 0 amide bonds. The summed E-state index contributed by atoms with van der Waals surface area (Å²) in [5.74, 6) is 2.50. The highest BCUT2D eigenvalue weighted by atomic mass is 15.0. The highest BCUT2D eigenvalue weighted by Crippen LogP contribution is 2.32. The predicted octanol–water partition coefficient (Wildman–Crippen LogP) is 7.00. The van der Waals surface area contributed by atoms with Crippen molar-refractivity contribution in [1.82, 2.24) is 24.9 Å². The quantitative estimate of drug-likeness (QED) is 0.275. The highest BCUT2D eigenvalue weighted by molar-refractivity contribution is 5.78. The van der Waals surface area contributed by atoms with Gasteiger partial charge >= 0.3 is 0 Å². The summed E-state index contributed by atoms with van der Waals surface area (Å²) >= 11 is 0. The molecule has 0 spiro atoms. The molecule has 0 saturated heterocycles. The van der Waals surface area contributed by atoms with Gasteiger partial charge in [0.2, 0.25) is 0 Å². The van der Waals surface area contributed by atoms with E-state index in [1.54, 1.807) is 12.4 Å². The smallest absolute Gasteiger partial charge is 0.164 e. The number of nitrogens with zero attached hydrogens (tertiary/aromatic N) is 5. The van der Waals surface area contributed by atoms with E-state index < -0.39 is 0 Å². The Morgan fingerprint density at radius 2 is 0.694 bits per heavy atom. The fourth-order valence-electron chi connectivity index (χ4n) is 4.07. The Balaban J connectivity index is 1.58. The van der Waals surface area contributed by atoms with Crippen molar-refractivity contribution in [2.24, 2.45) is 0 Å². The fourth-order valence-corrected chi connectivity index (χ4v) is 4.07. The Labute approximate surface area is 209 Å². The van der Waals surface area contributed by atoms with Crippen molar-refractivity contribution in [2.75, 3.05) is 0 Å². The minimum atomic E-state index is 0.595. The van der Waals surface area contributed by atoms with Gasteiger partial charge < -0.3 is 0 Å². The van der Waals surface area contributed by atoms with Crippen molar-refractivity contribution in [3.05, 3.63) is 128 Å². The maximum Gasteiger partial charge on any atom is 0.164 e. The molecule has 0 bridgehead atoms. The van der Waals surface area contributed by atoms with Gasteiger partial charge in [-0.25, -0.2) is 24.9 Å². The van der Waals surface area contributed by atoms with Gasteiger partial charge in [0.1, 0.15) is 0 Å². The number of rotatable bonds is 5. The van der Waals surface area contributed by atoms with Crippen LogP contribution in [-0.2, 0) is 0 Å². The standard InChI is InChI=1S/C31H21N5/c1-4-11-22(12-5-1)25-19-26(28-32-17-10-18-33-28)21-27(20-25)31-35-29(23-13-6-2-7-14-23)34-30(36-31)24-15-8-3-9-16-24/h1-21H. The Morgan fingerprint density at radius 3 is 1.19 bits per heavy atom. The molecule has 0 N–H and O–H groups in total. The van der Waals surface area contributed by atoms with Crippen LogP contribution in [0.1, 0.15) is 0 Å². The normalized spacial score (nSPS) is 10.8. The molecule has 5 nitrogen and oxygen atoms in total. The molecule has 6 aromatic rings. The average molecular weight is 464 g/mol. The summed E-state index contributed by atoms with van der Waals surface area (Å²) in [6.45, 7) is 0. The maximum absolute atomic E-state index is 4.91. The van der Waals surface area contributed by atoms with E-state index in [4.69, 9.17) is 15.0 Å². The lowest BCUT2D eigenvalue weighted by atomic mass is 9.99. The van der Waals surface area contributed by atoms with Crippen LogP contribution in [0.5, 0.6) is 0 Å². The molecule has 170 valence electrons. The van der Waals surface area contributed by atoms with Crippen molar-refractivity contribution >= 4 is 0 Å². The molecular weight excluding hydrogens is 442 g/mol. The lowest BCUT2D eigenvalue weighted by molar-refractivity contribution is 1.07. The third kappa shape index (κ3) is 4.50. The third-order valence-corrected chi connectivity index (χ3v) is 5.82. The van der Waals surface area contributed by atoms with Gasteiger partial charge in [-0.2, -0.15) is 0 Å². The molecule has 36 heavy (non-hydrogen) atoms. The number of aromatic nitrogens is 5. The lowest BCUT2D eigenvalue weighted by Gasteiger charge is -2.11. The fraction of sp³-hybridized carbons (Fsp3) is 0. The second kappa shape index (κ2) is 9.68. The van der Waals surface area contributed by atoms with Crippen molar-refractivity contribution < 1.29 is 0 Å². The SMILES string of the molecule is c1ccc(-c2cc(-c3ncccn3)cc(-c3nc(-c4ccccc4)nc(-c4ccccc4)n3)c2)cc1. The molecule has 0 aliphatic rings. The van der Waals surface area contributed by atoms with Crippen LogP contribution < -0.4 is 0 Å². The first kappa shape index (κ1) is 21.5. The van der Waals surface area contributed by atoms with Crippen LogP contribution >= 0.6 is 0 Å². The zero-order chi connectivity index (χ0) is 24.2. The summed E-state index contributed by atoms with van der Waals surface area (Å²) in [7, 11) is 0. The molecule has 0 unspecified atom stereocenters. The third-order valence-electron chi connectivity index (χ3n) is 5.82. The first-order valence-corrected chi connectivity index (χ1v) is 11.7. The summed E-state index contributed by atoms with van der Waals surface area (Å²) in [5, 5.41) is 0. The van der Waals surface area contributed by atoms with Gasteiger partial charge in [-0.3, -0.25) is 0 Å². The number of hydrogen-bond donors (Lipinski definition) is 0. The molecule has 6 rings (SSSR count). The maximum atomic E-state index is 4.91. The highest BCUT2D eigenvalue weighted by Gasteiger charge is 2.15. The number of benzene rings is 4. The minimum Gasteiger partial charge on any atom is -0.237 e. The Bertz CT molecular complexity index is 1360. The number of hydrogen-bond acceptors (Lipinski definition) is 5. The molecule has 4 aromatic carbocycles. The Kier molecular flexibility index (Phi) is 5.78. The summed E-state index contributed by atoms with van der Waals surface area (Å²) < 4.78 is 0. The zero-order valence-electron chi connectivity index (χ0n) is 19.4. The van der Waals surface area contributed by atoms with Gasteiger partial charge in [-0.05, 0) is 35.4 Å². The molecule has 2 aromatic heterocycles. The van der Waals surface area contributed by atoms with Crippen LogP contribution in [0.4, 0.5) is 0 Å².